The van der Waals surface area contributed by atoms with Gasteiger partial charge in [0.1, 0.15) is 5.82 Å². The zero-order valence-corrected chi connectivity index (χ0v) is 6.48. The van der Waals surface area contributed by atoms with E-state index in [4.69, 9.17) is 0 Å². The monoisotopic (exact) mass is 180 g/mol. The summed E-state index contributed by atoms with van der Waals surface area (Å²) in [6.45, 7) is 0. The Bertz CT molecular complexity index is 473. The topological polar surface area (TPSA) is 53.9 Å². The maximum Gasteiger partial charge on any atom is 0.293 e. The van der Waals surface area contributed by atoms with Crippen molar-refractivity contribution < 1.29 is 13.9 Å². The van der Waals surface area contributed by atoms with Gasteiger partial charge in [-0.2, -0.15) is 9.46 Å². The molecule has 0 spiro atoms. The summed E-state index contributed by atoms with van der Waals surface area (Å²) >= 11 is 0. The number of aromatic nitrogens is 2. The standard InChI is InChI=1S/C8H5FN2O2/c9-6-1-2-7-8(5-6)11(13)4-3-10(7)12/h1-5H. The van der Waals surface area contributed by atoms with Crippen molar-refractivity contribution in [2.75, 3.05) is 0 Å². The first-order valence-electron chi connectivity index (χ1n) is 3.59. The van der Waals surface area contributed by atoms with Crippen LogP contribution in [0.3, 0.4) is 0 Å². The number of rotatable bonds is 0. The van der Waals surface area contributed by atoms with Crippen molar-refractivity contribution in [2.24, 2.45) is 0 Å². The van der Waals surface area contributed by atoms with E-state index < -0.39 is 5.82 Å². The fourth-order valence-electron chi connectivity index (χ4n) is 1.14. The number of hydrogen-bond donors (Lipinski definition) is 0. The Kier molecular flexibility index (Phi) is 1.51. The molecule has 0 saturated carbocycles. The number of fused-ring (bicyclic) bond motifs is 1. The average molecular weight is 180 g/mol. The highest BCUT2D eigenvalue weighted by Crippen LogP contribution is 2.06. The zero-order chi connectivity index (χ0) is 9.42. The van der Waals surface area contributed by atoms with E-state index >= 15 is 0 Å². The number of hydrogen-bond acceptors (Lipinski definition) is 2. The lowest BCUT2D eigenvalue weighted by Crippen LogP contribution is -2.36. The van der Waals surface area contributed by atoms with Crippen molar-refractivity contribution >= 4 is 11.0 Å². The first kappa shape index (κ1) is 7.72. The van der Waals surface area contributed by atoms with Crippen LogP contribution in [-0.4, -0.2) is 0 Å². The van der Waals surface area contributed by atoms with Crippen molar-refractivity contribution in [3.05, 3.63) is 46.8 Å². The molecule has 2 rings (SSSR count). The van der Waals surface area contributed by atoms with E-state index in [1.54, 1.807) is 0 Å². The molecule has 0 N–H and O–H groups in total. The zero-order valence-electron chi connectivity index (χ0n) is 6.48. The van der Waals surface area contributed by atoms with Crippen LogP contribution in [0.4, 0.5) is 4.39 Å². The first-order chi connectivity index (χ1) is 6.18. The minimum Gasteiger partial charge on any atom is -0.618 e. The molecule has 13 heavy (non-hydrogen) atoms. The van der Waals surface area contributed by atoms with Crippen LogP contribution in [0.2, 0.25) is 0 Å². The van der Waals surface area contributed by atoms with Gasteiger partial charge in [-0.1, -0.05) is 0 Å². The minimum absolute atomic E-state index is 0.0255. The molecule has 0 saturated heterocycles. The van der Waals surface area contributed by atoms with Gasteiger partial charge in [0.25, 0.3) is 11.0 Å². The lowest BCUT2D eigenvalue weighted by molar-refractivity contribution is -0.628. The third kappa shape index (κ3) is 1.14. The second-order valence-electron chi connectivity index (χ2n) is 2.58. The molecule has 0 bridgehead atoms. The molecule has 0 unspecified atom stereocenters. The van der Waals surface area contributed by atoms with Gasteiger partial charge in [0.05, 0.1) is 6.07 Å². The van der Waals surface area contributed by atoms with Gasteiger partial charge >= 0.3 is 0 Å². The third-order valence-corrected chi connectivity index (χ3v) is 1.75. The van der Waals surface area contributed by atoms with Crippen LogP contribution in [0.1, 0.15) is 0 Å². The maximum atomic E-state index is 12.7. The van der Waals surface area contributed by atoms with Crippen molar-refractivity contribution in [2.45, 2.75) is 0 Å². The SMILES string of the molecule is [O-][n+]1cc[n+]([O-])c2cc(F)ccc21. The average Bonchev–Trinajstić information content (AvgIpc) is 2.12. The van der Waals surface area contributed by atoms with Crippen LogP contribution in [-0.2, 0) is 0 Å². The third-order valence-electron chi connectivity index (χ3n) is 1.75. The van der Waals surface area contributed by atoms with E-state index in [9.17, 15) is 14.8 Å². The highest BCUT2D eigenvalue weighted by Gasteiger charge is 2.12. The molecule has 66 valence electrons. The quantitative estimate of drug-likeness (QED) is 0.431. The summed E-state index contributed by atoms with van der Waals surface area (Å²) < 4.78 is 13.7. The molecule has 0 fully saturated rings. The van der Waals surface area contributed by atoms with Gasteiger partial charge in [-0.05, 0) is 6.07 Å². The van der Waals surface area contributed by atoms with Crippen LogP contribution in [0.25, 0.3) is 11.0 Å². The summed E-state index contributed by atoms with van der Waals surface area (Å²) in [6.07, 6.45) is 2.11. The van der Waals surface area contributed by atoms with E-state index in [1.165, 1.54) is 6.07 Å². The van der Waals surface area contributed by atoms with Gasteiger partial charge in [-0.25, -0.2) is 4.39 Å². The Morgan fingerprint density at radius 2 is 1.62 bits per heavy atom. The predicted molar refractivity (Wildman–Crippen MR) is 41.8 cm³/mol. The molecule has 1 aromatic heterocycles. The van der Waals surface area contributed by atoms with Gasteiger partial charge in [0.2, 0.25) is 12.4 Å². The second kappa shape index (κ2) is 2.55. The first-order valence-corrected chi connectivity index (χ1v) is 3.59. The Morgan fingerprint density at radius 3 is 2.31 bits per heavy atom. The van der Waals surface area contributed by atoms with Crippen molar-refractivity contribution in [3.63, 3.8) is 0 Å². The molecule has 0 aliphatic heterocycles. The molecule has 1 aromatic carbocycles. The number of halogens is 1. The summed E-state index contributed by atoms with van der Waals surface area (Å²) in [4.78, 5) is 0. The summed E-state index contributed by atoms with van der Waals surface area (Å²) in [6, 6.07) is 3.43. The van der Waals surface area contributed by atoms with E-state index in [-0.39, 0.29) is 11.0 Å². The molecule has 2 aromatic rings. The smallest absolute Gasteiger partial charge is 0.293 e. The number of benzene rings is 1. The van der Waals surface area contributed by atoms with Crippen LogP contribution in [0, 0.1) is 16.2 Å². The highest BCUT2D eigenvalue weighted by molar-refractivity contribution is 5.67. The summed E-state index contributed by atoms with van der Waals surface area (Å²) in [7, 11) is 0. The molecule has 0 amide bonds. The van der Waals surface area contributed by atoms with E-state index in [0.717, 1.165) is 24.5 Å². The molecule has 5 heteroatoms. The van der Waals surface area contributed by atoms with Crippen LogP contribution in [0.15, 0.2) is 30.6 Å². The van der Waals surface area contributed by atoms with Crippen molar-refractivity contribution in [1.29, 1.82) is 0 Å². The van der Waals surface area contributed by atoms with E-state index in [0.29, 0.717) is 9.46 Å². The van der Waals surface area contributed by atoms with Crippen LogP contribution >= 0.6 is 0 Å². The van der Waals surface area contributed by atoms with Gasteiger partial charge < -0.3 is 10.4 Å². The summed E-state index contributed by atoms with van der Waals surface area (Å²) in [5, 5.41) is 22.2. The van der Waals surface area contributed by atoms with E-state index in [1.807, 2.05) is 0 Å². The van der Waals surface area contributed by atoms with Gasteiger partial charge in [-0.3, -0.25) is 0 Å². The van der Waals surface area contributed by atoms with E-state index in [2.05, 4.69) is 0 Å². The maximum absolute atomic E-state index is 12.7. The van der Waals surface area contributed by atoms with Gasteiger partial charge in [-0.15, -0.1) is 0 Å². The summed E-state index contributed by atoms with van der Waals surface area (Å²) in [5.41, 5.74) is 0.177. The Labute approximate surface area is 72.6 Å². The van der Waals surface area contributed by atoms with Crippen LogP contribution in [0.5, 0.6) is 0 Å². The van der Waals surface area contributed by atoms with Crippen LogP contribution < -0.4 is 9.46 Å². The second-order valence-corrected chi connectivity index (χ2v) is 2.58. The molecule has 0 atom stereocenters. The highest BCUT2D eigenvalue weighted by atomic mass is 19.1. The number of nitrogens with zero attached hydrogens (tertiary/aromatic N) is 2. The lowest BCUT2D eigenvalue weighted by Gasteiger charge is -2.01. The molecule has 0 aliphatic rings. The molecule has 0 radical (unpaired) electrons. The Balaban J connectivity index is 2.92. The van der Waals surface area contributed by atoms with Crippen molar-refractivity contribution in [3.8, 4) is 0 Å². The normalized spacial score (nSPS) is 10.5. The molecule has 0 aliphatic carbocycles. The Morgan fingerprint density at radius 1 is 1.00 bits per heavy atom. The lowest BCUT2D eigenvalue weighted by atomic mass is 10.3. The summed E-state index contributed by atoms with van der Waals surface area (Å²) in [5.74, 6) is -0.539. The minimum atomic E-state index is -0.539. The van der Waals surface area contributed by atoms with Crippen molar-refractivity contribution in [1.82, 2.24) is 0 Å². The van der Waals surface area contributed by atoms with Gasteiger partial charge in [0.15, 0.2) is 0 Å². The Hall–Kier alpha value is -1.91. The molecular weight excluding hydrogens is 175 g/mol. The largest absolute Gasteiger partial charge is 0.618 e. The van der Waals surface area contributed by atoms with Gasteiger partial charge in [0, 0.05) is 6.07 Å². The fraction of sp³-hybridized carbons (Fsp3) is 0. The fourth-order valence-corrected chi connectivity index (χ4v) is 1.14. The molecule has 1 heterocycles. The molecule has 4 nitrogen and oxygen atoms in total. The molecular formula is C8H5FN2O2. The predicted octanol–water partition coefficient (Wildman–Crippen LogP) is 0.246.